The first-order chi connectivity index (χ1) is 12.9. The molecule has 0 bridgehead atoms. The van der Waals surface area contributed by atoms with Crippen LogP contribution in [-0.4, -0.2) is 62.3 Å². The van der Waals surface area contributed by atoms with E-state index in [9.17, 15) is 13.6 Å². The predicted octanol–water partition coefficient (Wildman–Crippen LogP) is 4.07. The maximum absolute atomic E-state index is 13.2. The maximum atomic E-state index is 13.2. The molecule has 1 aromatic rings. The first kappa shape index (κ1) is 21.6. The number of hydrogen-bond donors (Lipinski definition) is 0. The normalized spacial score (nSPS) is 19.9. The second kappa shape index (κ2) is 10.6. The molecule has 0 atom stereocenters. The topological polar surface area (TPSA) is 42.0 Å². The summed E-state index contributed by atoms with van der Waals surface area (Å²) in [5.74, 6) is -2.00. The van der Waals surface area contributed by atoms with Crippen molar-refractivity contribution in [2.75, 3.05) is 34.3 Å². The number of unbranched alkanes of at least 4 members (excludes halogenated alkanes) is 1. The first-order valence-corrected chi connectivity index (χ1v) is 9.53. The lowest BCUT2D eigenvalue weighted by atomic mass is 9.92. The van der Waals surface area contributed by atoms with Gasteiger partial charge < -0.3 is 19.3 Å². The third-order valence-electron chi connectivity index (χ3n) is 4.93. The number of ether oxygens (including phenoxy) is 2. The van der Waals surface area contributed by atoms with Crippen molar-refractivity contribution in [1.29, 1.82) is 0 Å². The van der Waals surface area contributed by atoms with Crippen molar-refractivity contribution in [3.8, 4) is 5.75 Å². The summed E-state index contributed by atoms with van der Waals surface area (Å²) in [4.78, 5) is 15.9. The molecule has 1 saturated carbocycles. The summed E-state index contributed by atoms with van der Waals surface area (Å²) in [6.45, 7) is 1.85. The molecule has 0 aromatic heterocycles. The number of halogens is 2. The highest BCUT2D eigenvalue weighted by Gasteiger charge is 2.28. The Morgan fingerprint density at radius 2 is 1.78 bits per heavy atom. The number of benzene rings is 1. The molecule has 1 fully saturated rings. The Bertz CT molecular complexity index is 605. The number of nitrogens with zero attached hydrogens (tertiary/aromatic N) is 2. The minimum atomic E-state index is -1.04. The van der Waals surface area contributed by atoms with E-state index in [0.717, 1.165) is 63.8 Å². The summed E-state index contributed by atoms with van der Waals surface area (Å²) in [5, 5.41) is 0. The quantitative estimate of drug-likeness (QED) is 0.634. The van der Waals surface area contributed by atoms with Crippen molar-refractivity contribution in [3.05, 3.63) is 29.8 Å². The Kier molecular flexibility index (Phi) is 8.44. The van der Waals surface area contributed by atoms with E-state index in [1.54, 1.807) is 7.05 Å². The number of carbonyl (C=O) groups excluding carboxylic acids is 1. The lowest BCUT2D eigenvalue weighted by Crippen LogP contribution is -2.42. The van der Waals surface area contributed by atoms with Crippen LogP contribution in [0.25, 0.3) is 0 Å². The summed E-state index contributed by atoms with van der Waals surface area (Å²) in [6.07, 6.45) is 5.35. The molecule has 0 aliphatic heterocycles. The van der Waals surface area contributed by atoms with Crippen LogP contribution < -0.4 is 4.74 Å². The molecule has 2 rings (SSSR count). The fraction of sp³-hybridized carbons (Fsp3) is 0.650. The first-order valence-electron chi connectivity index (χ1n) is 9.53. The third kappa shape index (κ3) is 7.07. The summed E-state index contributed by atoms with van der Waals surface area (Å²) >= 11 is 0. The maximum Gasteiger partial charge on any atom is 0.415 e. The molecule has 0 saturated heterocycles. The molecule has 1 aliphatic rings. The lowest BCUT2D eigenvalue weighted by Gasteiger charge is -2.34. The SMILES string of the molecule is CN(C)CCCCO[C@H]1CC[C@H](N(C)C(=O)Oc2ccc(F)c(F)c2)CC1. The van der Waals surface area contributed by atoms with E-state index < -0.39 is 17.7 Å². The second-order valence-corrected chi connectivity index (χ2v) is 7.37. The molecule has 1 amide bonds. The molecule has 0 heterocycles. The van der Waals surface area contributed by atoms with E-state index in [0.29, 0.717) is 0 Å². The van der Waals surface area contributed by atoms with Crippen molar-refractivity contribution in [2.45, 2.75) is 50.7 Å². The van der Waals surface area contributed by atoms with Crippen LogP contribution in [0.4, 0.5) is 13.6 Å². The Morgan fingerprint density at radius 3 is 2.41 bits per heavy atom. The number of rotatable bonds is 8. The standard InChI is InChI=1S/C20H30F2N2O3/c1-23(2)12-4-5-13-26-16-8-6-15(7-9-16)24(3)20(25)27-17-10-11-18(21)19(22)14-17/h10-11,14-16H,4-9,12-13H2,1-3H3/t15-,16-. The van der Waals surface area contributed by atoms with Crippen LogP contribution in [0.5, 0.6) is 5.75 Å². The van der Waals surface area contributed by atoms with Crippen LogP contribution in [0, 0.1) is 11.6 Å². The van der Waals surface area contributed by atoms with Crippen LogP contribution in [0.2, 0.25) is 0 Å². The van der Waals surface area contributed by atoms with Gasteiger partial charge in [0.05, 0.1) is 6.10 Å². The minimum Gasteiger partial charge on any atom is -0.410 e. The van der Waals surface area contributed by atoms with E-state index in [1.165, 1.54) is 11.0 Å². The molecule has 1 aromatic carbocycles. The molecule has 0 unspecified atom stereocenters. The minimum absolute atomic E-state index is 0.000457. The molecule has 0 spiro atoms. The average Bonchev–Trinajstić information content (AvgIpc) is 2.64. The third-order valence-corrected chi connectivity index (χ3v) is 4.93. The molecular weight excluding hydrogens is 354 g/mol. The molecule has 1 aliphatic carbocycles. The fourth-order valence-corrected chi connectivity index (χ4v) is 3.24. The van der Waals surface area contributed by atoms with Crippen LogP contribution in [-0.2, 0) is 4.74 Å². The zero-order chi connectivity index (χ0) is 19.8. The van der Waals surface area contributed by atoms with E-state index >= 15 is 0 Å². The van der Waals surface area contributed by atoms with Crippen LogP contribution in [0.1, 0.15) is 38.5 Å². The average molecular weight is 384 g/mol. The molecule has 0 radical (unpaired) electrons. The summed E-state index contributed by atoms with van der Waals surface area (Å²) in [6, 6.07) is 3.13. The van der Waals surface area contributed by atoms with Gasteiger partial charge in [-0.05, 0) is 71.3 Å². The van der Waals surface area contributed by atoms with Gasteiger partial charge in [-0.2, -0.15) is 0 Å². The van der Waals surface area contributed by atoms with Gasteiger partial charge in [-0.15, -0.1) is 0 Å². The molecule has 152 valence electrons. The Balaban J connectivity index is 1.69. The van der Waals surface area contributed by atoms with Gasteiger partial charge in [0.1, 0.15) is 5.75 Å². The second-order valence-electron chi connectivity index (χ2n) is 7.37. The number of carbonyl (C=O) groups is 1. The fourth-order valence-electron chi connectivity index (χ4n) is 3.24. The number of hydrogen-bond acceptors (Lipinski definition) is 4. The van der Waals surface area contributed by atoms with Crippen molar-refractivity contribution < 1.29 is 23.0 Å². The Hall–Kier alpha value is -1.73. The molecule has 7 heteroatoms. The highest BCUT2D eigenvalue weighted by atomic mass is 19.2. The Labute approximate surface area is 160 Å². The molecule has 0 N–H and O–H groups in total. The van der Waals surface area contributed by atoms with Crippen LogP contribution >= 0.6 is 0 Å². The monoisotopic (exact) mass is 384 g/mol. The van der Waals surface area contributed by atoms with Crippen molar-refractivity contribution >= 4 is 6.09 Å². The lowest BCUT2D eigenvalue weighted by molar-refractivity contribution is 0.0102. The van der Waals surface area contributed by atoms with Gasteiger partial charge in [-0.3, -0.25) is 0 Å². The van der Waals surface area contributed by atoms with Gasteiger partial charge in [-0.1, -0.05) is 0 Å². The van der Waals surface area contributed by atoms with E-state index in [2.05, 4.69) is 19.0 Å². The largest absolute Gasteiger partial charge is 0.415 e. The van der Waals surface area contributed by atoms with Gasteiger partial charge in [0.2, 0.25) is 0 Å². The van der Waals surface area contributed by atoms with Gasteiger partial charge in [-0.25, -0.2) is 13.6 Å². The summed E-state index contributed by atoms with van der Waals surface area (Å²) in [7, 11) is 5.81. The van der Waals surface area contributed by atoms with E-state index in [1.807, 2.05) is 0 Å². The Morgan fingerprint density at radius 1 is 1.07 bits per heavy atom. The molecule has 27 heavy (non-hydrogen) atoms. The van der Waals surface area contributed by atoms with Gasteiger partial charge in [0.15, 0.2) is 11.6 Å². The van der Waals surface area contributed by atoms with E-state index in [-0.39, 0.29) is 17.9 Å². The van der Waals surface area contributed by atoms with Crippen LogP contribution in [0.15, 0.2) is 18.2 Å². The van der Waals surface area contributed by atoms with Gasteiger partial charge in [0.25, 0.3) is 0 Å². The van der Waals surface area contributed by atoms with Crippen molar-refractivity contribution in [1.82, 2.24) is 9.80 Å². The predicted molar refractivity (Wildman–Crippen MR) is 99.9 cm³/mol. The smallest absolute Gasteiger partial charge is 0.410 e. The summed E-state index contributed by atoms with van der Waals surface area (Å²) in [5.41, 5.74) is 0. The van der Waals surface area contributed by atoms with Crippen LogP contribution in [0.3, 0.4) is 0 Å². The molecular formula is C20H30F2N2O3. The zero-order valence-electron chi connectivity index (χ0n) is 16.4. The summed E-state index contributed by atoms with van der Waals surface area (Å²) < 4.78 is 37.3. The highest BCUT2D eigenvalue weighted by molar-refractivity contribution is 5.70. The van der Waals surface area contributed by atoms with Gasteiger partial charge in [0, 0.05) is 25.8 Å². The van der Waals surface area contributed by atoms with Crippen molar-refractivity contribution in [2.24, 2.45) is 0 Å². The van der Waals surface area contributed by atoms with E-state index in [4.69, 9.17) is 9.47 Å². The zero-order valence-corrected chi connectivity index (χ0v) is 16.4. The van der Waals surface area contributed by atoms with Gasteiger partial charge >= 0.3 is 6.09 Å². The van der Waals surface area contributed by atoms with Crippen molar-refractivity contribution in [3.63, 3.8) is 0 Å². The number of amides is 1. The molecule has 5 nitrogen and oxygen atoms in total. The highest BCUT2D eigenvalue weighted by Crippen LogP contribution is 2.25.